The van der Waals surface area contributed by atoms with Crippen LogP contribution in [0.3, 0.4) is 0 Å². The van der Waals surface area contributed by atoms with Crippen LogP contribution in [0.5, 0.6) is 0 Å². The van der Waals surface area contributed by atoms with Crippen molar-refractivity contribution in [2.45, 2.75) is 19.8 Å². The minimum atomic E-state index is 0.0294. The molecule has 102 valence electrons. The Bertz CT molecular complexity index is 630. The minimum absolute atomic E-state index is 0.0294. The molecule has 0 amide bonds. The van der Waals surface area contributed by atoms with Crippen LogP contribution in [-0.4, -0.2) is 11.6 Å². The lowest BCUT2D eigenvalue weighted by Crippen LogP contribution is -2.06. The van der Waals surface area contributed by atoms with Gasteiger partial charge in [-0.3, -0.25) is 9.59 Å². The van der Waals surface area contributed by atoms with E-state index in [-0.39, 0.29) is 11.6 Å². The Morgan fingerprint density at radius 3 is 2.20 bits per heavy atom. The number of halogens is 1. The fourth-order valence-corrected chi connectivity index (χ4v) is 2.23. The Kier molecular flexibility index (Phi) is 4.70. The van der Waals surface area contributed by atoms with Crippen molar-refractivity contribution >= 4 is 23.2 Å². The first kappa shape index (κ1) is 14.5. The quantitative estimate of drug-likeness (QED) is 0.781. The number of hydrogen-bond acceptors (Lipinski definition) is 2. The first-order valence-corrected chi connectivity index (χ1v) is 6.78. The van der Waals surface area contributed by atoms with Crippen molar-refractivity contribution in [1.29, 1.82) is 0 Å². The van der Waals surface area contributed by atoms with Crippen LogP contribution in [0.15, 0.2) is 48.5 Å². The third-order valence-corrected chi connectivity index (χ3v) is 3.29. The Hall–Kier alpha value is -1.93. The van der Waals surface area contributed by atoms with Crippen molar-refractivity contribution in [3.63, 3.8) is 0 Å². The average Bonchev–Trinajstić information content (AvgIpc) is 2.39. The topological polar surface area (TPSA) is 34.1 Å². The number of carbonyl (C=O) groups is 2. The normalized spacial score (nSPS) is 10.3. The van der Waals surface area contributed by atoms with E-state index in [4.69, 9.17) is 11.6 Å². The second-order valence-electron chi connectivity index (χ2n) is 4.78. The van der Waals surface area contributed by atoms with Gasteiger partial charge in [-0.15, -0.1) is 0 Å². The molecule has 0 N–H and O–H groups in total. The molecule has 2 aromatic rings. The molecule has 2 rings (SSSR count). The molecule has 3 heteroatoms. The van der Waals surface area contributed by atoms with E-state index >= 15 is 0 Å². The highest BCUT2D eigenvalue weighted by Gasteiger charge is 2.06. The van der Waals surface area contributed by atoms with E-state index in [1.54, 1.807) is 24.3 Å². The van der Waals surface area contributed by atoms with Crippen molar-refractivity contribution in [2.24, 2.45) is 0 Å². The summed E-state index contributed by atoms with van der Waals surface area (Å²) >= 11 is 5.89. The van der Waals surface area contributed by atoms with Crippen LogP contribution in [0.2, 0.25) is 5.02 Å². The van der Waals surface area contributed by atoms with Gasteiger partial charge in [0.25, 0.3) is 0 Å². The molecule has 0 atom stereocenters. The van der Waals surface area contributed by atoms with E-state index in [1.807, 2.05) is 24.3 Å². The molecule has 0 aliphatic heterocycles. The smallest absolute Gasteiger partial charge is 0.159 e. The van der Waals surface area contributed by atoms with Gasteiger partial charge < -0.3 is 0 Å². The maximum atomic E-state index is 12.0. The number of rotatable bonds is 5. The standard InChI is InChI=1S/C17H15ClO2/c1-12(19)15-7-5-13(6-8-15)10-17(20)11-14-3-2-4-16(18)9-14/h2-9H,10-11H2,1H3. The molecule has 0 bridgehead atoms. The first-order chi connectivity index (χ1) is 9.54. The van der Waals surface area contributed by atoms with Crippen LogP contribution in [0.4, 0.5) is 0 Å². The zero-order valence-corrected chi connectivity index (χ0v) is 12.0. The Morgan fingerprint density at radius 1 is 0.950 bits per heavy atom. The van der Waals surface area contributed by atoms with Gasteiger partial charge in [0.1, 0.15) is 5.78 Å². The van der Waals surface area contributed by atoms with Crippen LogP contribution >= 0.6 is 11.6 Å². The van der Waals surface area contributed by atoms with E-state index in [0.717, 1.165) is 11.1 Å². The second kappa shape index (κ2) is 6.49. The molecule has 20 heavy (non-hydrogen) atoms. The van der Waals surface area contributed by atoms with Gasteiger partial charge in [-0.25, -0.2) is 0 Å². The monoisotopic (exact) mass is 286 g/mol. The van der Waals surface area contributed by atoms with Gasteiger partial charge in [0.2, 0.25) is 0 Å². The Morgan fingerprint density at radius 2 is 1.60 bits per heavy atom. The summed E-state index contributed by atoms with van der Waals surface area (Å²) in [5, 5.41) is 0.640. The van der Waals surface area contributed by atoms with Crippen molar-refractivity contribution in [3.05, 3.63) is 70.2 Å². The number of ketones is 2. The van der Waals surface area contributed by atoms with Crippen LogP contribution in [-0.2, 0) is 17.6 Å². The molecule has 0 aromatic heterocycles. The number of benzene rings is 2. The minimum Gasteiger partial charge on any atom is -0.299 e. The van der Waals surface area contributed by atoms with Gasteiger partial charge in [-0.05, 0) is 30.2 Å². The molecule has 2 aromatic carbocycles. The maximum Gasteiger partial charge on any atom is 0.159 e. The molecule has 2 nitrogen and oxygen atoms in total. The van der Waals surface area contributed by atoms with Gasteiger partial charge >= 0.3 is 0 Å². The number of hydrogen-bond donors (Lipinski definition) is 0. The first-order valence-electron chi connectivity index (χ1n) is 6.40. The molecule has 0 aliphatic rings. The lowest BCUT2D eigenvalue weighted by atomic mass is 10.0. The van der Waals surface area contributed by atoms with Crippen molar-refractivity contribution in [2.75, 3.05) is 0 Å². The fraction of sp³-hybridized carbons (Fsp3) is 0.176. The lowest BCUT2D eigenvalue weighted by molar-refractivity contribution is -0.117. The number of Topliss-reactive ketones (excluding diaryl/α,β-unsaturated/α-hetero) is 2. The summed E-state index contributed by atoms with van der Waals surface area (Å²) in [7, 11) is 0. The summed E-state index contributed by atoms with van der Waals surface area (Å²) in [4.78, 5) is 23.2. The molecule has 0 spiro atoms. The fourth-order valence-electron chi connectivity index (χ4n) is 2.02. The zero-order valence-electron chi connectivity index (χ0n) is 11.2. The van der Waals surface area contributed by atoms with Crippen LogP contribution in [0.25, 0.3) is 0 Å². The van der Waals surface area contributed by atoms with Gasteiger partial charge in [0.15, 0.2) is 5.78 Å². The van der Waals surface area contributed by atoms with E-state index < -0.39 is 0 Å². The maximum absolute atomic E-state index is 12.0. The van der Waals surface area contributed by atoms with E-state index in [2.05, 4.69) is 0 Å². The second-order valence-corrected chi connectivity index (χ2v) is 5.21. The zero-order chi connectivity index (χ0) is 14.5. The predicted octanol–water partition coefficient (Wildman–Crippen LogP) is 3.90. The summed E-state index contributed by atoms with van der Waals surface area (Å²) in [6.45, 7) is 1.53. The van der Waals surface area contributed by atoms with E-state index in [1.165, 1.54) is 6.92 Å². The molecule has 0 heterocycles. The summed E-state index contributed by atoms with van der Waals surface area (Å²) in [5.74, 6) is 0.157. The Balaban J connectivity index is 1.99. The molecular weight excluding hydrogens is 272 g/mol. The lowest BCUT2D eigenvalue weighted by Gasteiger charge is -2.03. The predicted molar refractivity (Wildman–Crippen MR) is 80.3 cm³/mol. The van der Waals surface area contributed by atoms with Crippen molar-refractivity contribution < 1.29 is 9.59 Å². The third-order valence-electron chi connectivity index (χ3n) is 3.05. The van der Waals surface area contributed by atoms with E-state index in [9.17, 15) is 9.59 Å². The van der Waals surface area contributed by atoms with Crippen LogP contribution in [0, 0.1) is 0 Å². The SMILES string of the molecule is CC(=O)c1ccc(CC(=O)Cc2cccc(Cl)c2)cc1. The molecule has 0 saturated heterocycles. The van der Waals surface area contributed by atoms with Crippen molar-refractivity contribution in [1.82, 2.24) is 0 Å². The van der Waals surface area contributed by atoms with Gasteiger partial charge in [-0.1, -0.05) is 48.0 Å². The van der Waals surface area contributed by atoms with Crippen LogP contribution < -0.4 is 0 Å². The summed E-state index contributed by atoms with van der Waals surface area (Å²) < 4.78 is 0. The molecule has 0 unspecified atom stereocenters. The Labute approximate surface area is 123 Å². The third kappa shape index (κ3) is 4.04. The molecule has 0 fully saturated rings. The van der Waals surface area contributed by atoms with Crippen LogP contribution in [0.1, 0.15) is 28.4 Å². The summed E-state index contributed by atoms with van der Waals surface area (Å²) in [5.41, 5.74) is 2.50. The molecule has 0 saturated carbocycles. The summed E-state index contributed by atoms with van der Waals surface area (Å²) in [6.07, 6.45) is 0.736. The van der Waals surface area contributed by atoms with Gasteiger partial charge in [0.05, 0.1) is 0 Å². The summed E-state index contributed by atoms with van der Waals surface area (Å²) in [6, 6.07) is 14.5. The largest absolute Gasteiger partial charge is 0.299 e. The average molecular weight is 287 g/mol. The molecular formula is C17H15ClO2. The highest BCUT2D eigenvalue weighted by atomic mass is 35.5. The van der Waals surface area contributed by atoms with Crippen molar-refractivity contribution in [3.8, 4) is 0 Å². The molecule has 0 radical (unpaired) electrons. The number of carbonyl (C=O) groups excluding carboxylic acids is 2. The van der Waals surface area contributed by atoms with E-state index in [0.29, 0.717) is 23.4 Å². The highest BCUT2D eigenvalue weighted by Crippen LogP contribution is 2.13. The van der Waals surface area contributed by atoms with Gasteiger partial charge in [0, 0.05) is 23.4 Å². The van der Waals surface area contributed by atoms with Gasteiger partial charge in [-0.2, -0.15) is 0 Å². The molecule has 0 aliphatic carbocycles. The highest BCUT2D eigenvalue weighted by molar-refractivity contribution is 6.30.